The summed E-state index contributed by atoms with van der Waals surface area (Å²) in [6.07, 6.45) is -1.57. The molecular weight excluding hydrogens is 297 g/mol. The number of pyridine rings is 1. The zero-order valence-corrected chi connectivity index (χ0v) is 11.0. The number of rotatable bonds is 5. The molecule has 17 heavy (non-hydrogen) atoms. The van der Waals surface area contributed by atoms with Crippen molar-refractivity contribution in [2.45, 2.75) is 30.8 Å². The Labute approximate surface area is 107 Å². The van der Waals surface area contributed by atoms with Gasteiger partial charge in [-0.3, -0.25) is 0 Å². The summed E-state index contributed by atoms with van der Waals surface area (Å²) in [5.41, 5.74) is -0.727. The lowest BCUT2D eigenvalue weighted by molar-refractivity contribution is -0.137. The van der Waals surface area contributed by atoms with Crippen molar-refractivity contribution in [3.63, 3.8) is 0 Å². The van der Waals surface area contributed by atoms with Crippen LogP contribution in [-0.4, -0.2) is 16.4 Å². The average Bonchev–Trinajstić information content (AvgIpc) is 2.28. The molecule has 0 saturated carbocycles. The molecule has 0 aliphatic carbocycles. The van der Waals surface area contributed by atoms with Gasteiger partial charge in [0.15, 0.2) is 0 Å². The molecule has 1 aromatic heterocycles. The summed E-state index contributed by atoms with van der Waals surface area (Å²) >= 11 is 3.48. The van der Waals surface area contributed by atoms with Crippen molar-refractivity contribution in [1.29, 1.82) is 0 Å². The lowest BCUT2D eigenvalue weighted by Gasteiger charge is -2.10. The van der Waals surface area contributed by atoms with Gasteiger partial charge in [-0.2, -0.15) is 13.2 Å². The van der Waals surface area contributed by atoms with Crippen LogP contribution < -0.4 is 5.32 Å². The number of hydrogen-bond donors (Lipinski definition) is 1. The monoisotopic (exact) mass is 310 g/mol. The van der Waals surface area contributed by atoms with E-state index in [-0.39, 0.29) is 0 Å². The highest BCUT2D eigenvalue weighted by Gasteiger charge is 2.30. The summed E-state index contributed by atoms with van der Waals surface area (Å²) in [7, 11) is 0. The minimum atomic E-state index is -4.32. The average molecular weight is 311 g/mol. The molecule has 6 heteroatoms. The quantitative estimate of drug-likeness (QED) is 0.829. The van der Waals surface area contributed by atoms with Crippen LogP contribution in [0.3, 0.4) is 0 Å². The lowest BCUT2D eigenvalue weighted by atomic mass is 10.2. The normalized spacial score (nSPS) is 13.5. The Kier molecular flexibility index (Phi) is 5.24. The maximum absolute atomic E-state index is 12.3. The SMILES string of the molecule is CCC(Br)CCNc1ccc(C(F)(F)F)cn1. The first-order valence-electron chi connectivity index (χ1n) is 5.34. The fourth-order valence-corrected chi connectivity index (χ4v) is 1.46. The largest absolute Gasteiger partial charge is 0.417 e. The van der Waals surface area contributed by atoms with E-state index in [0.717, 1.165) is 25.1 Å². The first-order valence-corrected chi connectivity index (χ1v) is 6.26. The summed E-state index contributed by atoms with van der Waals surface area (Å²) in [6.45, 7) is 2.75. The molecule has 0 saturated heterocycles. The topological polar surface area (TPSA) is 24.9 Å². The van der Waals surface area contributed by atoms with E-state index >= 15 is 0 Å². The Hall–Kier alpha value is -0.780. The van der Waals surface area contributed by atoms with Gasteiger partial charge in [0.1, 0.15) is 5.82 Å². The fourth-order valence-electron chi connectivity index (χ4n) is 1.23. The van der Waals surface area contributed by atoms with E-state index in [0.29, 0.717) is 17.2 Å². The number of nitrogens with one attached hydrogen (secondary N) is 1. The number of hydrogen-bond acceptors (Lipinski definition) is 2. The van der Waals surface area contributed by atoms with Crippen molar-refractivity contribution in [3.05, 3.63) is 23.9 Å². The Balaban J connectivity index is 2.46. The van der Waals surface area contributed by atoms with Gasteiger partial charge in [0.05, 0.1) is 5.56 Å². The van der Waals surface area contributed by atoms with E-state index in [2.05, 4.69) is 33.2 Å². The van der Waals surface area contributed by atoms with E-state index in [1.165, 1.54) is 6.07 Å². The summed E-state index contributed by atoms with van der Waals surface area (Å²) in [5.74, 6) is 0.466. The number of nitrogens with zero attached hydrogens (tertiary/aromatic N) is 1. The van der Waals surface area contributed by atoms with Crippen molar-refractivity contribution in [3.8, 4) is 0 Å². The molecule has 1 N–H and O–H groups in total. The second-order valence-corrected chi connectivity index (χ2v) is 4.95. The van der Waals surface area contributed by atoms with Crippen LogP contribution in [0, 0.1) is 0 Å². The van der Waals surface area contributed by atoms with Gasteiger partial charge in [0, 0.05) is 17.6 Å². The molecule has 1 unspecified atom stereocenters. The van der Waals surface area contributed by atoms with Gasteiger partial charge in [-0.1, -0.05) is 22.9 Å². The van der Waals surface area contributed by atoms with Crippen LogP contribution in [0.4, 0.5) is 19.0 Å². The smallest absolute Gasteiger partial charge is 0.370 e. The Bertz CT molecular complexity index is 338. The van der Waals surface area contributed by atoms with Gasteiger partial charge in [-0.25, -0.2) is 4.98 Å². The Morgan fingerprint density at radius 3 is 2.59 bits per heavy atom. The summed E-state index contributed by atoms with van der Waals surface area (Å²) in [6, 6.07) is 2.37. The third-order valence-corrected chi connectivity index (χ3v) is 3.40. The Morgan fingerprint density at radius 1 is 1.41 bits per heavy atom. The highest BCUT2D eigenvalue weighted by molar-refractivity contribution is 9.09. The van der Waals surface area contributed by atoms with Gasteiger partial charge < -0.3 is 5.32 Å². The predicted molar refractivity (Wildman–Crippen MR) is 65.4 cm³/mol. The summed E-state index contributed by atoms with van der Waals surface area (Å²) < 4.78 is 36.8. The zero-order chi connectivity index (χ0) is 12.9. The van der Waals surface area contributed by atoms with E-state index < -0.39 is 11.7 Å². The molecule has 0 radical (unpaired) electrons. The lowest BCUT2D eigenvalue weighted by Crippen LogP contribution is -2.10. The molecule has 0 aliphatic rings. The van der Waals surface area contributed by atoms with Gasteiger partial charge in [-0.15, -0.1) is 0 Å². The van der Waals surface area contributed by atoms with Crippen LogP contribution in [0.5, 0.6) is 0 Å². The number of alkyl halides is 4. The van der Waals surface area contributed by atoms with Crippen LogP contribution in [0.25, 0.3) is 0 Å². The number of halogens is 4. The minimum Gasteiger partial charge on any atom is -0.370 e. The zero-order valence-electron chi connectivity index (χ0n) is 9.39. The van der Waals surface area contributed by atoms with Crippen molar-refractivity contribution in [2.75, 3.05) is 11.9 Å². The molecule has 0 bridgehead atoms. The van der Waals surface area contributed by atoms with Gasteiger partial charge in [0.25, 0.3) is 0 Å². The van der Waals surface area contributed by atoms with Crippen LogP contribution in [0.15, 0.2) is 18.3 Å². The predicted octanol–water partition coefficient (Wildman–Crippen LogP) is 4.08. The van der Waals surface area contributed by atoms with E-state index in [1.54, 1.807) is 0 Å². The first kappa shape index (κ1) is 14.3. The third kappa shape index (κ3) is 4.93. The van der Waals surface area contributed by atoms with Crippen molar-refractivity contribution in [1.82, 2.24) is 4.98 Å². The molecule has 0 spiro atoms. The standard InChI is InChI=1S/C11H14BrF3N2/c1-2-9(12)5-6-16-10-4-3-8(7-17-10)11(13,14)15/h3-4,7,9H,2,5-6H2,1H3,(H,16,17). The molecular formula is C11H14BrF3N2. The third-order valence-electron chi connectivity index (χ3n) is 2.30. The second-order valence-electron chi connectivity index (χ2n) is 3.65. The highest BCUT2D eigenvalue weighted by atomic mass is 79.9. The van der Waals surface area contributed by atoms with Gasteiger partial charge in [-0.05, 0) is 25.0 Å². The van der Waals surface area contributed by atoms with Crippen molar-refractivity contribution >= 4 is 21.7 Å². The second kappa shape index (κ2) is 6.23. The number of anilines is 1. The fraction of sp³-hybridized carbons (Fsp3) is 0.545. The molecule has 1 heterocycles. The summed E-state index contributed by atoms with van der Waals surface area (Å²) in [5, 5.41) is 2.98. The minimum absolute atomic E-state index is 0.421. The van der Waals surface area contributed by atoms with E-state index in [1.807, 2.05) is 0 Å². The van der Waals surface area contributed by atoms with Crippen LogP contribution >= 0.6 is 15.9 Å². The summed E-state index contributed by atoms with van der Waals surface area (Å²) in [4.78, 5) is 4.14. The van der Waals surface area contributed by atoms with E-state index in [4.69, 9.17) is 0 Å². The van der Waals surface area contributed by atoms with Crippen molar-refractivity contribution in [2.24, 2.45) is 0 Å². The first-order chi connectivity index (χ1) is 7.93. The van der Waals surface area contributed by atoms with Crippen LogP contribution in [-0.2, 0) is 6.18 Å². The Morgan fingerprint density at radius 2 is 2.12 bits per heavy atom. The molecule has 0 aromatic carbocycles. The molecule has 2 nitrogen and oxygen atoms in total. The molecule has 96 valence electrons. The van der Waals surface area contributed by atoms with Crippen LogP contribution in [0.2, 0.25) is 0 Å². The van der Waals surface area contributed by atoms with Crippen LogP contribution in [0.1, 0.15) is 25.3 Å². The van der Waals surface area contributed by atoms with Gasteiger partial charge >= 0.3 is 6.18 Å². The molecule has 0 aliphatic heterocycles. The van der Waals surface area contributed by atoms with Gasteiger partial charge in [0.2, 0.25) is 0 Å². The maximum atomic E-state index is 12.3. The maximum Gasteiger partial charge on any atom is 0.417 e. The molecule has 1 aromatic rings. The molecule has 0 fully saturated rings. The number of aromatic nitrogens is 1. The highest BCUT2D eigenvalue weighted by Crippen LogP contribution is 2.28. The van der Waals surface area contributed by atoms with E-state index in [9.17, 15) is 13.2 Å². The molecule has 1 rings (SSSR count). The molecule has 0 amide bonds. The van der Waals surface area contributed by atoms with Crippen molar-refractivity contribution < 1.29 is 13.2 Å². The molecule has 1 atom stereocenters.